The van der Waals surface area contributed by atoms with Gasteiger partial charge in [0.25, 0.3) is 5.56 Å². The molecule has 41 heavy (non-hydrogen) atoms. The summed E-state index contributed by atoms with van der Waals surface area (Å²) >= 11 is 0. The Hall–Kier alpha value is -4.60. The molecule has 0 atom stereocenters. The molecule has 1 fully saturated rings. The van der Waals surface area contributed by atoms with Crippen LogP contribution in [0.25, 0.3) is 22.5 Å². The van der Waals surface area contributed by atoms with Gasteiger partial charge in [-0.1, -0.05) is 79.1 Å². The molecule has 3 heterocycles. The molecule has 1 N–H and O–H groups in total. The summed E-state index contributed by atoms with van der Waals surface area (Å²) in [6, 6.07) is 15.7. The molecule has 0 amide bonds. The highest BCUT2D eigenvalue weighted by Gasteiger charge is 2.44. The Labute approximate surface area is 236 Å². The van der Waals surface area contributed by atoms with Crippen LogP contribution >= 0.6 is 0 Å². The molecular formula is C31H32N6O4. The van der Waals surface area contributed by atoms with Crippen molar-refractivity contribution < 1.29 is 9.05 Å². The van der Waals surface area contributed by atoms with E-state index in [1.54, 1.807) is 4.57 Å². The van der Waals surface area contributed by atoms with Gasteiger partial charge in [0.05, 0.1) is 6.54 Å². The molecule has 10 heteroatoms. The summed E-state index contributed by atoms with van der Waals surface area (Å²) in [6.07, 6.45) is 5.03. The predicted molar refractivity (Wildman–Crippen MR) is 153 cm³/mol. The van der Waals surface area contributed by atoms with Crippen LogP contribution in [0, 0.1) is 6.92 Å². The number of hydrogen-bond donors (Lipinski definition) is 1. The fraction of sp³-hybridized carbons (Fsp3) is 0.355. The van der Waals surface area contributed by atoms with Gasteiger partial charge in [0.1, 0.15) is 5.82 Å². The number of nitrogens with one attached hydrogen (secondary N) is 1. The lowest BCUT2D eigenvalue weighted by atomic mass is 9.98. The van der Waals surface area contributed by atoms with E-state index >= 15 is 0 Å². The monoisotopic (exact) mass is 552 g/mol. The third kappa shape index (κ3) is 5.41. The first-order valence-corrected chi connectivity index (χ1v) is 14.0. The molecule has 0 aliphatic heterocycles. The Balaban J connectivity index is 1.30. The van der Waals surface area contributed by atoms with Gasteiger partial charge in [-0.05, 0) is 42.9 Å². The van der Waals surface area contributed by atoms with Crippen molar-refractivity contribution >= 4 is 0 Å². The molecule has 0 radical (unpaired) electrons. The average molecular weight is 553 g/mol. The lowest BCUT2D eigenvalue weighted by Gasteiger charge is -2.16. The second-order valence-corrected chi connectivity index (χ2v) is 11.0. The standard InChI is InChI=1S/C31H32N6O4/c1-4-5-10-26-32-19(2)24(17-25-33-29(40-35-25)31(3)15-16-31)28(38)37(26)18-20-11-13-21(14-12-20)22-8-6-7-9-23(22)27-34-30(39)41-36-27/h6-9,11-14H,4-5,10,15-18H2,1-3H3,(H,34,36,39). The Morgan fingerprint density at radius 3 is 2.41 bits per heavy atom. The van der Waals surface area contributed by atoms with Crippen LogP contribution in [-0.4, -0.2) is 29.8 Å². The van der Waals surface area contributed by atoms with Gasteiger partial charge in [0.2, 0.25) is 5.89 Å². The van der Waals surface area contributed by atoms with E-state index in [4.69, 9.17) is 14.0 Å². The topological polar surface area (TPSA) is 133 Å². The molecule has 1 aliphatic rings. The molecule has 0 spiro atoms. The maximum Gasteiger partial charge on any atom is 0.439 e. The number of hydrogen-bond acceptors (Lipinski definition) is 8. The van der Waals surface area contributed by atoms with Crippen LogP contribution in [0.4, 0.5) is 0 Å². The minimum absolute atomic E-state index is 0.0261. The average Bonchev–Trinajstić information content (AvgIpc) is 3.33. The molecule has 0 bridgehead atoms. The fourth-order valence-corrected chi connectivity index (χ4v) is 5.04. The van der Waals surface area contributed by atoms with E-state index in [0.29, 0.717) is 35.3 Å². The number of rotatable bonds is 10. The third-order valence-corrected chi connectivity index (χ3v) is 7.85. The largest absolute Gasteiger partial charge is 0.439 e. The summed E-state index contributed by atoms with van der Waals surface area (Å²) in [5.41, 5.74) is 4.79. The van der Waals surface area contributed by atoms with Crippen LogP contribution in [-0.2, 0) is 24.8 Å². The molecule has 6 rings (SSSR count). The summed E-state index contributed by atoms with van der Waals surface area (Å²) in [5.74, 6) is 1.72. The normalized spacial score (nSPS) is 13.9. The molecule has 3 aromatic heterocycles. The van der Waals surface area contributed by atoms with Crippen LogP contribution in [0.1, 0.15) is 73.9 Å². The van der Waals surface area contributed by atoms with Gasteiger partial charge in [-0.2, -0.15) is 4.98 Å². The Bertz CT molecular complexity index is 1810. The first-order chi connectivity index (χ1) is 19.8. The highest BCUT2D eigenvalue weighted by Crippen LogP contribution is 2.46. The second-order valence-electron chi connectivity index (χ2n) is 11.0. The number of aromatic nitrogens is 6. The van der Waals surface area contributed by atoms with E-state index in [1.165, 1.54) is 0 Å². The van der Waals surface area contributed by atoms with Gasteiger partial charge >= 0.3 is 5.76 Å². The van der Waals surface area contributed by atoms with Crippen molar-refractivity contribution in [3.63, 3.8) is 0 Å². The summed E-state index contributed by atoms with van der Waals surface area (Å²) in [6.45, 7) is 6.52. The SMILES string of the molecule is CCCCc1nc(C)c(Cc2noc(C3(C)CC3)n2)c(=O)n1Cc1ccc(-c2ccccc2-c2noc(=O)[nH]2)cc1. The van der Waals surface area contributed by atoms with E-state index in [2.05, 4.69) is 34.1 Å². The fourth-order valence-electron chi connectivity index (χ4n) is 5.04. The minimum atomic E-state index is -0.600. The quantitative estimate of drug-likeness (QED) is 0.257. The smallest absolute Gasteiger partial charge is 0.339 e. The number of H-pyrrole nitrogens is 1. The number of nitrogens with zero attached hydrogens (tertiary/aromatic N) is 5. The summed E-state index contributed by atoms with van der Waals surface area (Å²) < 4.78 is 12.0. The summed E-state index contributed by atoms with van der Waals surface area (Å²) in [4.78, 5) is 37.5. The van der Waals surface area contributed by atoms with Gasteiger partial charge in [-0.15, -0.1) is 0 Å². The van der Waals surface area contributed by atoms with Crippen molar-refractivity contribution in [3.8, 4) is 22.5 Å². The van der Waals surface area contributed by atoms with E-state index in [1.807, 2.05) is 55.5 Å². The molecule has 0 saturated heterocycles. The van der Waals surface area contributed by atoms with Gasteiger partial charge in [-0.3, -0.25) is 18.9 Å². The highest BCUT2D eigenvalue weighted by atomic mass is 16.5. The lowest BCUT2D eigenvalue weighted by molar-refractivity contribution is 0.349. The Kier molecular flexibility index (Phi) is 6.98. The first kappa shape index (κ1) is 26.6. The molecular weight excluding hydrogens is 520 g/mol. The van der Waals surface area contributed by atoms with Crippen molar-refractivity contribution in [2.75, 3.05) is 0 Å². The number of benzene rings is 2. The molecule has 0 unspecified atom stereocenters. The van der Waals surface area contributed by atoms with Gasteiger partial charge in [-0.25, -0.2) is 9.78 Å². The molecule has 1 aliphatic carbocycles. The molecule has 10 nitrogen and oxygen atoms in total. The summed E-state index contributed by atoms with van der Waals surface area (Å²) in [7, 11) is 0. The van der Waals surface area contributed by atoms with E-state index in [9.17, 15) is 9.59 Å². The molecule has 2 aromatic carbocycles. The van der Waals surface area contributed by atoms with Crippen molar-refractivity contribution in [3.05, 3.63) is 104 Å². The zero-order valence-corrected chi connectivity index (χ0v) is 23.4. The highest BCUT2D eigenvalue weighted by molar-refractivity contribution is 5.80. The van der Waals surface area contributed by atoms with Gasteiger partial charge in [0, 0.05) is 35.1 Å². The van der Waals surface area contributed by atoms with Crippen molar-refractivity contribution in [2.24, 2.45) is 0 Å². The zero-order valence-electron chi connectivity index (χ0n) is 23.4. The molecule has 5 aromatic rings. The van der Waals surface area contributed by atoms with E-state index in [-0.39, 0.29) is 17.4 Å². The third-order valence-electron chi connectivity index (χ3n) is 7.85. The maximum absolute atomic E-state index is 13.9. The Morgan fingerprint density at radius 2 is 1.73 bits per heavy atom. The van der Waals surface area contributed by atoms with Crippen LogP contribution < -0.4 is 11.3 Å². The maximum atomic E-state index is 13.9. The lowest BCUT2D eigenvalue weighted by Crippen LogP contribution is -2.30. The molecule has 1 saturated carbocycles. The zero-order chi connectivity index (χ0) is 28.6. The van der Waals surface area contributed by atoms with Crippen LogP contribution in [0.2, 0.25) is 0 Å². The summed E-state index contributed by atoms with van der Waals surface area (Å²) in [5, 5.41) is 8.01. The van der Waals surface area contributed by atoms with Crippen LogP contribution in [0.15, 0.2) is 67.2 Å². The number of unbranched alkanes of at least 4 members (excludes halogenated alkanes) is 1. The van der Waals surface area contributed by atoms with E-state index in [0.717, 1.165) is 60.2 Å². The van der Waals surface area contributed by atoms with Crippen molar-refractivity contribution in [1.29, 1.82) is 0 Å². The van der Waals surface area contributed by atoms with Gasteiger partial charge in [0.15, 0.2) is 11.6 Å². The Morgan fingerprint density at radius 1 is 0.976 bits per heavy atom. The van der Waals surface area contributed by atoms with Gasteiger partial charge < -0.3 is 4.52 Å². The predicted octanol–water partition coefficient (Wildman–Crippen LogP) is 4.98. The number of aromatic amines is 1. The number of aryl methyl sites for hydroxylation is 2. The van der Waals surface area contributed by atoms with Crippen molar-refractivity contribution in [1.82, 2.24) is 29.8 Å². The minimum Gasteiger partial charge on any atom is -0.339 e. The second kappa shape index (κ2) is 10.8. The van der Waals surface area contributed by atoms with Crippen LogP contribution in [0.3, 0.4) is 0 Å². The van der Waals surface area contributed by atoms with E-state index < -0.39 is 5.76 Å². The first-order valence-electron chi connectivity index (χ1n) is 14.0. The molecule has 210 valence electrons. The van der Waals surface area contributed by atoms with Crippen molar-refractivity contribution in [2.45, 2.75) is 71.3 Å². The van der Waals surface area contributed by atoms with Crippen LogP contribution in [0.5, 0.6) is 0 Å².